The second-order valence-corrected chi connectivity index (χ2v) is 5.26. The lowest BCUT2D eigenvalue weighted by Crippen LogP contribution is -2.14. The molecule has 2 nitrogen and oxygen atoms in total. The van der Waals surface area contributed by atoms with E-state index in [2.05, 4.69) is 0 Å². The molecule has 0 saturated heterocycles. The van der Waals surface area contributed by atoms with Crippen LogP contribution in [0.2, 0.25) is 10.0 Å². The molecule has 0 bridgehead atoms. The average Bonchev–Trinajstić information content (AvgIpc) is 2.43. The number of halogens is 3. The molecule has 0 aromatic heterocycles. The molecule has 2 rings (SSSR count). The zero-order chi connectivity index (χ0) is 14.7. The van der Waals surface area contributed by atoms with Gasteiger partial charge in [0.2, 0.25) is 0 Å². The van der Waals surface area contributed by atoms with Gasteiger partial charge >= 0.3 is 0 Å². The lowest BCUT2D eigenvalue weighted by Gasteiger charge is -2.16. The Hall–Kier alpha value is -1.29. The summed E-state index contributed by atoms with van der Waals surface area (Å²) in [6, 6.07) is 9.23. The summed E-state index contributed by atoms with van der Waals surface area (Å²) < 4.78 is 18.6. The van der Waals surface area contributed by atoms with Gasteiger partial charge in [-0.3, -0.25) is 0 Å². The van der Waals surface area contributed by atoms with Crippen molar-refractivity contribution in [1.29, 1.82) is 0 Å². The molecule has 106 valence electrons. The molecule has 0 aliphatic carbocycles. The molecule has 0 spiro atoms. The molecule has 1 atom stereocenters. The number of rotatable bonds is 4. The topological polar surface area (TPSA) is 35.2 Å². The number of benzene rings is 2. The lowest BCUT2D eigenvalue weighted by atomic mass is 9.99. The fourth-order valence-corrected chi connectivity index (χ4v) is 2.35. The molecule has 0 heterocycles. The Balaban J connectivity index is 2.25. The van der Waals surface area contributed by atoms with Gasteiger partial charge in [0, 0.05) is 11.6 Å². The average molecular weight is 314 g/mol. The Labute approximate surface area is 127 Å². The third kappa shape index (κ3) is 3.42. The van der Waals surface area contributed by atoms with Crippen LogP contribution in [0.1, 0.15) is 17.2 Å². The van der Waals surface area contributed by atoms with Gasteiger partial charge in [0.1, 0.15) is 11.6 Å². The van der Waals surface area contributed by atoms with Crippen LogP contribution < -0.4 is 10.5 Å². The van der Waals surface area contributed by atoms with Crippen LogP contribution in [0.5, 0.6) is 5.75 Å². The first-order valence-electron chi connectivity index (χ1n) is 6.04. The standard InChI is InChI=1S/C15H14Cl2FNO/c1-20-15-5-3-10(18)8-11(15)14(19)7-9-2-4-12(16)13(17)6-9/h2-6,8,14H,7,19H2,1H3. The number of methoxy groups -OCH3 is 1. The first-order chi connectivity index (χ1) is 9.51. The first kappa shape index (κ1) is 15.1. The minimum atomic E-state index is -0.391. The highest BCUT2D eigenvalue weighted by molar-refractivity contribution is 6.42. The quantitative estimate of drug-likeness (QED) is 0.909. The summed E-state index contributed by atoms with van der Waals surface area (Å²) in [7, 11) is 1.53. The van der Waals surface area contributed by atoms with Crippen LogP contribution in [0.25, 0.3) is 0 Å². The number of ether oxygens (including phenoxy) is 1. The normalized spacial score (nSPS) is 12.2. The van der Waals surface area contributed by atoms with E-state index >= 15 is 0 Å². The van der Waals surface area contributed by atoms with Crippen LogP contribution in [0.3, 0.4) is 0 Å². The highest BCUT2D eigenvalue weighted by Crippen LogP contribution is 2.29. The Morgan fingerprint density at radius 1 is 1.15 bits per heavy atom. The summed E-state index contributed by atoms with van der Waals surface area (Å²) in [5.74, 6) is 0.226. The van der Waals surface area contributed by atoms with Gasteiger partial charge in [0.25, 0.3) is 0 Å². The molecule has 2 aromatic rings. The zero-order valence-electron chi connectivity index (χ0n) is 10.9. The number of nitrogens with two attached hydrogens (primary N) is 1. The predicted molar refractivity (Wildman–Crippen MR) is 80.0 cm³/mol. The Morgan fingerprint density at radius 3 is 2.55 bits per heavy atom. The van der Waals surface area contributed by atoms with Crippen LogP contribution >= 0.6 is 23.2 Å². The summed E-state index contributed by atoms with van der Waals surface area (Å²) in [6.45, 7) is 0. The summed E-state index contributed by atoms with van der Waals surface area (Å²) in [5, 5.41) is 0.967. The van der Waals surface area contributed by atoms with E-state index in [1.54, 1.807) is 18.2 Å². The van der Waals surface area contributed by atoms with E-state index < -0.39 is 6.04 Å². The minimum Gasteiger partial charge on any atom is -0.496 e. The molecule has 1 unspecified atom stereocenters. The van der Waals surface area contributed by atoms with Gasteiger partial charge in [0.15, 0.2) is 0 Å². The van der Waals surface area contributed by atoms with E-state index in [0.717, 1.165) is 5.56 Å². The van der Waals surface area contributed by atoms with Crippen molar-refractivity contribution in [2.45, 2.75) is 12.5 Å². The molecule has 0 fully saturated rings. The summed E-state index contributed by atoms with van der Waals surface area (Å²) in [4.78, 5) is 0. The van der Waals surface area contributed by atoms with Gasteiger partial charge in [0.05, 0.1) is 17.2 Å². The van der Waals surface area contributed by atoms with Gasteiger partial charge in [-0.15, -0.1) is 0 Å². The Kier molecular flexibility index (Phi) is 4.86. The summed E-state index contributed by atoms with van der Waals surface area (Å²) in [5.41, 5.74) is 7.69. The van der Waals surface area contributed by atoms with Crippen LogP contribution in [0, 0.1) is 5.82 Å². The lowest BCUT2D eigenvalue weighted by molar-refractivity contribution is 0.404. The molecule has 0 saturated carbocycles. The van der Waals surface area contributed by atoms with Gasteiger partial charge in [-0.1, -0.05) is 29.3 Å². The summed E-state index contributed by atoms with van der Waals surface area (Å²) >= 11 is 11.8. The molecule has 0 aliphatic rings. The maximum absolute atomic E-state index is 13.3. The number of hydrogen-bond donors (Lipinski definition) is 1. The largest absolute Gasteiger partial charge is 0.496 e. The van der Waals surface area contributed by atoms with Gasteiger partial charge in [-0.25, -0.2) is 4.39 Å². The smallest absolute Gasteiger partial charge is 0.123 e. The fourth-order valence-electron chi connectivity index (χ4n) is 2.03. The zero-order valence-corrected chi connectivity index (χ0v) is 12.4. The first-order valence-corrected chi connectivity index (χ1v) is 6.80. The van der Waals surface area contributed by atoms with Crippen LogP contribution in [-0.2, 0) is 6.42 Å². The van der Waals surface area contributed by atoms with E-state index in [4.69, 9.17) is 33.7 Å². The van der Waals surface area contributed by atoms with Crippen molar-refractivity contribution in [1.82, 2.24) is 0 Å². The van der Waals surface area contributed by atoms with E-state index in [1.807, 2.05) is 6.07 Å². The SMILES string of the molecule is COc1ccc(F)cc1C(N)Cc1ccc(Cl)c(Cl)c1. The fraction of sp³-hybridized carbons (Fsp3) is 0.200. The van der Waals surface area contributed by atoms with E-state index in [1.165, 1.54) is 19.2 Å². The highest BCUT2D eigenvalue weighted by Gasteiger charge is 2.14. The Morgan fingerprint density at radius 2 is 1.90 bits per heavy atom. The van der Waals surface area contributed by atoms with Crippen LogP contribution in [-0.4, -0.2) is 7.11 Å². The summed E-state index contributed by atoms with van der Waals surface area (Å²) in [6.07, 6.45) is 0.511. The van der Waals surface area contributed by atoms with Crippen molar-refractivity contribution < 1.29 is 9.13 Å². The Bertz CT molecular complexity index is 619. The molecular formula is C15H14Cl2FNO. The van der Waals surface area contributed by atoms with E-state index in [-0.39, 0.29) is 5.82 Å². The van der Waals surface area contributed by atoms with Crippen molar-refractivity contribution in [3.05, 3.63) is 63.4 Å². The van der Waals surface area contributed by atoms with E-state index in [0.29, 0.717) is 27.8 Å². The molecule has 20 heavy (non-hydrogen) atoms. The third-order valence-corrected chi connectivity index (χ3v) is 3.77. The van der Waals surface area contributed by atoms with Gasteiger partial charge < -0.3 is 10.5 Å². The van der Waals surface area contributed by atoms with Crippen LogP contribution in [0.4, 0.5) is 4.39 Å². The second kappa shape index (κ2) is 6.44. The van der Waals surface area contributed by atoms with Crippen molar-refractivity contribution in [3.63, 3.8) is 0 Å². The molecule has 0 aliphatic heterocycles. The molecular weight excluding hydrogens is 300 g/mol. The van der Waals surface area contributed by atoms with Crippen molar-refractivity contribution >= 4 is 23.2 Å². The predicted octanol–water partition coefficient (Wildman–Crippen LogP) is 4.38. The van der Waals surface area contributed by atoms with Crippen molar-refractivity contribution in [3.8, 4) is 5.75 Å². The van der Waals surface area contributed by atoms with Gasteiger partial charge in [-0.05, 0) is 42.3 Å². The van der Waals surface area contributed by atoms with Crippen LogP contribution in [0.15, 0.2) is 36.4 Å². The highest BCUT2D eigenvalue weighted by atomic mass is 35.5. The maximum atomic E-state index is 13.3. The monoisotopic (exact) mass is 313 g/mol. The van der Waals surface area contributed by atoms with E-state index in [9.17, 15) is 4.39 Å². The number of hydrogen-bond acceptors (Lipinski definition) is 2. The maximum Gasteiger partial charge on any atom is 0.123 e. The van der Waals surface area contributed by atoms with Gasteiger partial charge in [-0.2, -0.15) is 0 Å². The molecule has 0 radical (unpaired) electrons. The minimum absolute atomic E-state index is 0.342. The third-order valence-electron chi connectivity index (χ3n) is 3.03. The molecule has 2 N–H and O–H groups in total. The van der Waals surface area contributed by atoms with Crippen molar-refractivity contribution in [2.75, 3.05) is 7.11 Å². The second-order valence-electron chi connectivity index (χ2n) is 4.45. The van der Waals surface area contributed by atoms with Crippen molar-refractivity contribution in [2.24, 2.45) is 5.73 Å². The molecule has 5 heteroatoms. The molecule has 0 amide bonds. The molecule has 2 aromatic carbocycles.